The molecular weight excluding hydrogens is 371 g/mol. The molecule has 0 amide bonds. The van der Waals surface area contributed by atoms with Crippen LogP contribution >= 0.6 is 23.6 Å². The van der Waals surface area contributed by atoms with Gasteiger partial charge in [0.2, 0.25) is 0 Å². The summed E-state index contributed by atoms with van der Waals surface area (Å²) in [5.41, 5.74) is 4.85. The number of hydrogen-bond donors (Lipinski definition) is 1. The first-order valence-corrected chi connectivity index (χ1v) is 8.90. The number of aromatic nitrogens is 1. The van der Waals surface area contributed by atoms with Crippen molar-refractivity contribution in [3.8, 4) is 5.75 Å². The van der Waals surface area contributed by atoms with Crippen molar-refractivity contribution in [1.29, 1.82) is 0 Å². The predicted octanol–water partition coefficient (Wildman–Crippen LogP) is 3.84. The summed E-state index contributed by atoms with van der Waals surface area (Å²) in [4.78, 5) is 7.44. The quantitative estimate of drug-likeness (QED) is 0.808. The van der Waals surface area contributed by atoms with Crippen molar-refractivity contribution >= 4 is 33.7 Å². The summed E-state index contributed by atoms with van der Waals surface area (Å²) in [6, 6.07) is 5.31. The van der Waals surface area contributed by atoms with Crippen LogP contribution in [0.1, 0.15) is 23.3 Å². The number of halogens is 3. The molecule has 0 unspecified atom stereocenters. The van der Waals surface area contributed by atoms with E-state index in [9.17, 15) is 13.2 Å². The van der Waals surface area contributed by atoms with Gasteiger partial charge >= 0.3 is 6.18 Å². The first-order chi connectivity index (χ1) is 11.8. The Hall–Kier alpha value is -1.87. The minimum atomic E-state index is -4.42. The molecule has 2 N–H and O–H groups in total. The second-order valence-electron chi connectivity index (χ2n) is 5.67. The highest BCUT2D eigenvalue weighted by molar-refractivity contribution is 7.81. The van der Waals surface area contributed by atoms with Crippen molar-refractivity contribution < 1.29 is 17.9 Å². The molecular formula is C16H16F3N3OS2. The highest BCUT2D eigenvalue weighted by Crippen LogP contribution is 2.37. The molecule has 0 bridgehead atoms. The average Bonchev–Trinajstić information content (AvgIpc) is 3.05. The zero-order chi connectivity index (χ0) is 18.0. The Labute approximate surface area is 152 Å². The molecule has 134 valence electrons. The van der Waals surface area contributed by atoms with Crippen LogP contribution in [0.2, 0.25) is 0 Å². The Kier molecular flexibility index (Phi) is 5.14. The first kappa shape index (κ1) is 17.9. The summed E-state index contributed by atoms with van der Waals surface area (Å²) >= 11 is 6.35. The Balaban J connectivity index is 1.62. The lowest BCUT2D eigenvalue weighted by molar-refractivity contribution is -0.139. The van der Waals surface area contributed by atoms with E-state index in [2.05, 4.69) is 9.88 Å². The number of thiazole rings is 1. The molecule has 9 heteroatoms. The monoisotopic (exact) mass is 387 g/mol. The minimum absolute atomic E-state index is 0.113. The van der Waals surface area contributed by atoms with Gasteiger partial charge in [0.05, 0.1) is 16.6 Å². The van der Waals surface area contributed by atoms with Crippen molar-refractivity contribution in [3.05, 3.63) is 40.9 Å². The molecule has 1 aromatic heterocycles. The van der Waals surface area contributed by atoms with E-state index < -0.39 is 11.7 Å². The molecule has 1 aliphatic rings. The van der Waals surface area contributed by atoms with Crippen molar-refractivity contribution in [2.75, 3.05) is 18.0 Å². The van der Waals surface area contributed by atoms with E-state index in [1.54, 1.807) is 12.3 Å². The fourth-order valence-electron chi connectivity index (χ4n) is 2.67. The normalized spacial score (nSPS) is 16.0. The standard InChI is InChI=1S/C16H16F3N3OS2/c17-16(18,19)11-3-1-2-4-12(11)23-10-5-7-22(8-6-10)15-21-9-13(25-15)14(20)24/h1-4,9-10H,5-8H2,(H2,20,24). The van der Waals surface area contributed by atoms with E-state index in [4.69, 9.17) is 22.7 Å². The highest BCUT2D eigenvalue weighted by Gasteiger charge is 2.35. The maximum absolute atomic E-state index is 13.0. The van der Waals surface area contributed by atoms with Crippen LogP contribution in [0.5, 0.6) is 5.75 Å². The molecule has 3 rings (SSSR count). The summed E-state index contributed by atoms with van der Waals surface area (Å²) < 4.78 is 44.7. The van der Waals surface area contributed by atoms with Crippen LogP contribution in [-0.4, -0.2) is 29.2 Å². The lowest BCUT2D eigenvalue weighted by Gasteiger charge is -2.32. The Morgan fingerprint density at radius 3 is 2.56 bits per heavy atom. The molecule has 1 saturated heterocycles. The number of hydrogen-bond acceptors (Lipinski definition) is 5. The van der Waals surface area contributed by atoms with Crippen LogP contribution < -0.4 is 15.4 Å². The van der Waals surface area contributed by atoms with Crippen LogP contribution in [-0.2, 0) is 6.18 Å². The molecule has 0 spiro atoms. The molecule has 2 aromatic rings. The van der Waals surface area contributed by atoms with E-state index in [-0.39, 0.29) is 11.9 Å². The number of piperidine rings is 1. The molecule has 0 aliphatic carbocycles. The molecule has 25 heavy (non-hydrogen) atoms. The SMILES string of the molecule is NC(=S)c1cnc(N2CCC(Oc3ccccc3C(F)(F)F)CC2)s1. The van der Waals surface area contributed by atoms with Gasteiger partial charge in [0.1, 0.15) is 16.8 Å². The van der Waals surface area contributed by atoms with Crippen molar-refractivity contribution in [1.82, 2.24) is 4.98 Å². The Bertz CT molecular complexity index is 755. The van der Waals surface area contributed by atoms with E-state index in [1.807, 2.05) is 0 Å². The number of ether oxygens (including phenoxy) is 1. The smallest absolute Gasteiger partial charge is 0.419 e. The molecule has 1 fully saturated rings. The molecule has 4 nitrogen and oxygen atoms in total. The van der Waals surface area contributed by atoms with Crippen molar-refractivity contribution in [2.45, 2.75) is 25.1 Å². The first-order valence-electron chi connectivity index (χ1n) is 7.68. The van der Waals surface area contributed by atoms with Crippen molar-refractivity contribution in [3.63, 3.8) is 0 Å². The maximum atomic E-state index is 13.0. The van der Waals surface area contributed by atoms with Gasteiger partial charge in [0, 0.05) is 25.9 Å². The summed E-state index contributed by atoms with van der Waals surface area (Å²) in [7, 11) is 0. The number of para-hydroxylation sites is 1. The Morgan fingerprint density at radius 1 is 1.28 bits per heavy atom. The van der Waals surface area contributed by atoms with Gasteiger partial charge in [0.25, 0.3) is 0 Å². The summed E-state index contributed by atoms with van der Waals surface area (Å²) in [6.45, 7) is 1.31. The average molecular weight is 387 g/mol. The molecule has 1 aliphatic heterocycles. The fourth-order valence-corrected chi connectivity index (χ4v) is 3.67. The van der Waals surface area contributed by atoms with E-state index in [0.717, 1.165) is 16.1 Å². The van der Waals surface area contributed by atoms with Crippen LogP contribution in [0.3, 0.4) is 0 Å². The third-order valence-electron chi connectivity index (χ3n) is 3.93. The van der Waals surface area contributed by atoms with Gasteiger partial charge < -0.3 is 15.4 Å². The van der Waals surface area contributed by atoms with Gasteiger partial charge in [-0.1, -0.05) is 35.7 Å². The number of thiocarbonyl (C=S) groups is 1. The second kappa shape index (κ2) is 7.17. The molecule has 0 atom stereocenters. The minimum Gasteiger partial charge on any atom is -0.490 e. The number of nitrogens with zero attached hydrogens (tertiary/aromatic N) is 2. The molecule has 1 aromatic carbocycles. The van der Waals surface area contributed by atoms with Crippen LogP contribution in [0.15, 0.2) is 30.5 Å². The van der Waals surface area contributed by atoms with Gasteiger partial charge in [-0.2, -0.15) is 13.2 Å². The van der Waals surface area contributed by atoms with E-state index >= 15 is 0 Å². The number of anilines is 1. The van der Waals surface area contributed by atoms with Gasteiger partial charge in [0.15, 0.2) is 5.13 Å². The van der Waals surface area contributed by atoms with Crippen LogP contribution in [0.25, 0.3) is 0 Å². The highest BCUT2D eigenvalue weighted by atomic mass is 32.1. The molecule has 0 saturated carbocycles. The summed E-state index contributed by atoms with van der Waals surface area (Å²) in [5, 5.41) is 0.817. The fraction of sp³-hybridized carbons (Fsp3) is 0.375. The van der Waals surface area contributed by atoms with E-state index in [0.29, 0.717) is 30.9 Å². The predicted molar refractivity (Wildman–Crippen MR) is 95.3 cm³/mol. The van der Waals surface area contributed by atoms with Gasteiger partial charge in [-0.15, -0.1) is 0 Å². The number of nitrogens with two attached hydrogens (primary N) is 1. The maximum Gasteiger partial charge on any atom is 0.419 e. The molecule has 2 heterocycles. The topological polar surface area (TPSA) is 51.4 Å². The molecule has 0 radical (unpaired) electrons. The van der Waals surface area contributed by atoms with Gasteiger partial charge in [-0.25, -0.2) is 4.98 Å². The van der Waals surface area contributed by atoms with Crippen LogP contribution in [0.4, 0.5) is 18.3 Å². The zero-order valence-electron chi connectivity index (χ0n) is 13.1. The third kappa shape index (κ3) is 4.21. The summed E-state index contributed by atoms with van der Waals surface area (Å²) in [5.74, 6) is -0.113. The second-order valence-corrected chi connectivity index (χ2v) is 7.12. The number of rotatable bonds is 4. The van der Waals surface area contributed by atoms with E-state index in [1.165, 1.54) is 23.5 Å². The van der Waals surface area contributed by atoms with Crippen molar-refractivity contribution in [2.24, 2.45) is 5.73 Å². The summed E-state index contributed by atoms with van der Waals surface area (Å²) in [6.07, 6.45) is -1.79. The largest absolute Gasteiger partial charge is 0.490 e. The number of benzene rings is 1. The zero-order valence-corrected chi connectivity index (χ0v) is 14.8. The number of alkyl halides is 3. The lowest BCUT2D eigenvalue weighted by Crippen LogP contribution is -2.38. The van der Waals surface area contributed by atoms with Crippen LogP contribution in [0, 0.1) is 0 Å². The van der Waals surface area contributed by atoms with Gasteiger partial charge in [-0.3, -0.25) is 0 Å². The van der Waals surface area contributed by atoms with Gasteiger partial charge in [-0.05, 0) is 12.1 Å². The third-order valence-corrected chi connectivity index (χ3v) is 5.38. The lowest BCUT2D eigenvalue weighted by atomic mass is 10.1. The Morgan fingerprint density at radius 2 is 1.96 bits per heavy atom.